The summed E-state index contributed by atoms with van der Waals surface area (Å²) in [5.41, 5.74) is 0.578. The van der Waals surface area contributed by atoms with Crippen LogP contribution in [0.4, 0.5) is 5.69 Å². The van der Waals surface area contributed by atoms with Gasteiger partial charge in [0.05, 0.1) is 18.6 Å². The molecule has 1 N–H and O–H groups in total. The highest BCUT2D eigenvalue weighted by Crippen LogP contribution is 2.33. The number of imidazole rings is 1. The summed E-state index contributed by atoms with van der Waals surface area (Å²) in [6, 6.07) is 5.66. The molecule has 1 aliphatic rings. The second-order valence-electron chi connectivity index (χ2n) is 5.74. The van der Waals surface area contributed by atoms with Gasteiger partial charge in [-0.1, -0.05) is 36.2 Å². The maximum atomic E-state index is 12.3. The quantitative estimate of drug-likeness (QED) is 0.771. The third kappa shape index (κ3) is 4.05. The fourth-order valence-corrected chi connectivity index (χ4v) is 3.96. The zero-order valence-electron chi connectivity index (χ0n) is 13.5. The van der Waals surface area contributed by atoms with Crippen LogP contribution >= 0.6 is 23.4 Å². The van der Waals surface area contributed by atoms with Gasteiger partial charge in [0, 0.05) is 23.5 Å². The molecule has 1 aromatic carbocycles. The summed E-state index contributed by atoms with van der Waals surface area (Å²) in [4.78, 5) is 16.6. The minimum absolute atomic E-state index is 0.110. The first-order valence-electron chi connectivity index (χ1n) is 7.96. The highest BCUT2D eigenvalue weighted by Gasteiger charge is 2.20. The SMILES string of the molecule is COc1ccc(Cl)cc1NC(=O)CSc1nccn1C1CCCC1. The van der Waals surface area contributed by atoms with Crippen molar-refractivity contribution in [3.05, 3.63) is 35.6 Å². The van der Waals surface area contributed by atoms with Gasteiger partial charge in [0.1, 0.15) is 5.75 Å². The molecular formula is C17H20ClN3O2S. The van der Waals surface area contributed by atoms with E-state index in [1.54, 1.807) is 31.5 Å². The Kier molecular flexibility index (Phi) is 5.68. The first-order valence-corrected chi connectivity index (χ1v) is 9.33. The van der Waals surface area contributed by atoms with E-state index in [9.17, 15) is 4.79 Å². The van der Waals surface area contributed by atoms with Crippen LogP contribution in [0.3, 0.4) is 0 Å². The molecule has 2 aromatic rings. The van der Waals surface area contributed by atoms with E-state index in [1.807, 2.05) is 6.20 Å². The Bertz CT molecular complexity index is 714. The molecule has 0 atom stereocenters. The zero-order chi connectivity index (χ0) is 16.9. The fraction of sp³-hybridized carbons (Fsp3) is 0.412. The molecule has 1 saturated carbocycles. The number of halogens is 1. The Morgan fingerprint density at radius 2 is 2.25 bits per heavy atom. The van der Waals surface area contributed by atoms with E-state index in [0.29, 0.717) is 28.3 Å². The highest BCUT2D eigenvalue weighted by atomic mass is 35.5. The second kappa shape index (κ2) is 7.94. The topological polar surface area (TPSA) is 56.1 Å². The van der Waals surface area contributed by atoms with Crippen molar-refractivity contribution in [1.82, 2.24) is 9.55 Å². The molecule has 128 valence electrons. The molecule has 0 bridgehead atoms. The van der Waals surface area contributed by atoms with Gasteiger partial charge in [-0.25, -0.2) is 4.98 Å². The smallest absolute Gasteiger partial charge is 0.234 e. The van der Waals surface area contributed by atoms with Crippen molar-refractivity contribution < 1.29 is 9.53 Å². The molecule has 1 heterocycles. The number of amides is 1. The number of hydrogen-bond acceptors (Lipinski definition) is 4. The molecular weight excluding hydrogens is 346 g/mol. The van der Waals surface area contributed by atoms with Gasteiger partial charge in [0.2, 0.25) is 5.91 Å². The Hall–Kier alpha value is -1.66. The number of anilines is 1. The van der Waals surface area contributed by atoms with Gasteiger partial charge in [0.15, 0.2) is 5.16 Å². The van der Waals surface area contributed by atoms with Crippen molar-refractivity contribution in [3.8, 4) is 5.75 Å². The molecule has 0 saturated heterocycles. The first kappa shape index (κ1) is 17.2. The molecule has 0 aliphatic heterocycles. The standard InChI is InChI=1S/C17H20ClN3O2S/c1-23-15-7-6-12(18)10-14(15)20-16(22)11-24-17-19-8-9-21(17)13-4-2-3-5-13/h6-10,13H,2-5,11H2,1H3,(H,20,22). The molecule has 7 heteroatoms. The summed E-state index contributed by atoms with van der Waals surface area (Å²) in [6.07, 6.45) is 8.73. The number of nitrogens with one attached hydrogen (secondary N) is 1. The number of methoxy groups -OCH3 is 1. The number of nitrogens with zero attached hydrogens (tertiary/aromatic N) is 2. The second-order valence-corrected chi connectivity index (χ2v) is 7.12. The minimum atomic E-state index is -0.110. The van der Waals surface area contributed by atoms with Crippen molar-refractivity contribution in [3.63, 3.8) is 0 Å². The molecule has 5 nitrogen and oxygen atoms in total. The lowest BCUT2D eigenvalue weighted by Crippen LogP contribution is -2.15. The zero-order valence-corrected chi connectivity index (χ0v) is 15.1. The van der Waals surface area contributed by atoms with E-state index in [1.165, 1.54) is 37.4 Å². The van der Waals surface area contributed by atoms with Crippen LogP contribution in [-0.4, -0.2) is 28.3 Å². The van der Waals surface area contributed by atoms with E-state index >= 15 is 0 Å². The van der Waals surface area contributed by atoms with E-state index in [2.05, 4.69) is 14.9 Å². The van der Waals surface area contributed by atoms with Gasteiger partial charge in [-0.15, -0.1) is 0 Å². The summed E-state index contributed by atoms with van der Waals surface area (Å²) in [5.74, 6) is 0.770. The summed E-state index contributed by atoms with van der Waals surface area (Å²) in [7, 11) is 1.56. The van der Waals surface area contributed by atoms with Crippen LogP contribution in [0.5, 0.6) is 5.75 Å². The van der Waals surface area contributed by atoms with Crippen LogP contribution in [-0.2, 0) is 4.79 Å². The van der Waals surface area contributed by atoms with Gasteiger partial charge in [-0.2, -0.15) is 0 Å². The third-order valence-corrected chi connectivity index (χ3v) is 5.34. The van der Waals surface area contributed by atoms with E-state index < -0.39 is 0 Å². The number of carbonyl (C=O) groups is 1. The van der Waals surface area contributed by atoms with Crippen molar-refractivity contribution >= 4 is 35.0 Å². The van der Waals surface area contributed by atoms with Crippen LogP contribution in [0, 0.1) is 0 Å². The number of rotatable bonds is 6. The number of hydrogen-bond donors (Lipinski definition) is 1. The maximum Gasteiger partial charge on any atom is 0.234 e. The monoisotopic (exact) mass is 365 g/mol. The Labute approximate surface area is 150 Å². The van der Waals surface area contributed by atoms with Gasteiger partial charge >= 0.3 is 0 Å². The fourth-order valence-electron chi connectivity index (χ4n) is 2.97. The molecule has 3 rings (SSSR count). The number of benzene rings is 1. The Balaban J connectivity index is 1.60. The molecule has 0 radical (unpaired) electrons. The van der Waals surface area contributed by atoms with Gasteiger partial charge in [0.25, 0.3) is 0 Å². The van der Waals surface area contributed by atoms with Gasteiger partial charge in [-0.3, -0.25) is 4.79 Å². The van der Waals surface area contributed by atoms with Crippen LogP contribution < -0.4 is 10.1 Å². The highest BCUT2D eigenvalue weighted by molar-refractivity contribution is 7.99. The lowest BCUT2D eigenvalue weighted by atomic mass is 10.2. The van der Waals surface area contributed by atoms with Gasteiger partial charge < -0.3 is 14.6 Å². The summed E-state index contributed by atoms with van der Waals surface area (Å²) in [6.45, 7) is 0. The van der Waals surface area contributed by atoms with Crippen molar-refractivity contribution in [2.75, 3.05) is 18.2 Å². The lowest BCUT2D eigenvalue weighted by molar-refractivity contribution is -0.113. The van der Waals surface area contributed by atoms with Crippen LogP contribution in [0.1, 0.15) is 31.7 Å². The normalized spacial score (nSPS) is 14.8. The van der Waals surface area contributed by atoms with E-state index in [-0.39, 0.29) is 5.91 Å². The average Bonchev–Trinajstić information content (AvgIpc) is 3.24. The Morgan fingerprint density at radius 1 is 1.46 bits per heavy atom. The summed E-state index contributed by atoms with van der Waals surface area (Å²) < 4.78 is 7.44. The largest absolute Gasteiger partial charge is 0.495 e. The Morgan fingerprint density at radius 3 is 3.00 bits per heavy atom. The maximum absolute atomic E-state index is 12.3. The molecule has 1 aromatic heterocycles. The van der Waals surface area contributed by atoms with E-state index in [0.717, 1.165) is 5.16 Å². The minimum Gasteiger partial charge on any atom is -0.495 e. The van der Waals surface area contributed by atoms with Crippen LogP contribution in [0.15, 0.2) is 35.7 Å². The predicted octanol–water partition coefficient (Wildman–Crippen LogP) is 4.39. The van der Waals surface area contributed by atoms with Crippen LogP contribution in [0.25, 0.3) is 0 Å². The summed E-state index contributed by atoms with van der Waals surface area (Å²) in [5, 5.41) is 4.30. The third-order valence-electron chi connectivity index (χ3n) is 4.12. The van der Waals surface area contributed by atoms with Crippen LogP contribution in [0.2, 0.25) is 5.02 Å². The van der Waals surface area contributed by atoms with Crippen molar-refractivity contribution in [2.24, 2.45) is 0 Å². The molecule has 0 unspecified atom stereocenters. The number of ether oxygens (including phenoxy) is 1. The predicted molar refractivity (Wildman–Crippen MR) is 97.1 cm³/mol. The number of thioether (sulfide) groups is 1. The summed E-state index contributed by atoms with van der Waals surface area (Å²) >= 11 is 7.44. The van der Waals surface area contributed by atoms with Crippen molar-refractivity contribution in [2.45, 2.75) is 36.9 Å². The van der Waals surface area contributed by atoms with Gasteiger partial charge in [-0.05, 0) is 31.0 Å². The average molecular weight is 366 g/mol. The molecule has 0 spiro atoms. The molecule has 1 amide bonds. The molecule has 1 aliphatic carbocycles. The number of aromatic nitrogens is 2. The van der Waals surface area contributed by atoms with Crippen molar-refractivity contribution in [1.29, 1.82) is 0 Å². The number of carbonyl (C=O) groups excluding carboxylic acids is 1. The molecule has 24 heavy (non-hydrogen) atoms. The van der Waals surface area contributed by atoms with E-state index in [4.69, 9.17) is 16.3 Å². The molecule has 1 fully saturated rings. The first-order chi connectivity index (χ1) is 11.7. The lowest BCUT2D eigenvalue weighted by Gasteiger charge is -2.14.